The molecule has 0 aliphatic rings. The molecule has 24 heavy (non-hydrogen) atoms. The summed E-state index contributed by atoms with van der Waals surface area (Å²) in [5, 5.41) is 0. The zero-order chi connectivity index (χ0) is 17.8. The van der Waals surface area contributed by atoms with Crippen molar-refractivity contribution >= 4 is 16.3 Å². The van der Waals surface area contributed by atoms with Crippen LogP contribution in [-0.4, -0.2) is 25.7 Å². The average molecular weight is 358 g/mol. The normalized spacial score (nSPS) is 11.2. The molecule has 0 bridgehead atoms. The highest BCUT2D eigenvalue weighted by molar-refractivity contribution is 7.86. The molecule has 0 atom stereocenters. The highest BCUT2D eigenvalue weighted by atomic mass is 32.2. The average Bonchev–Trinajstić information content (AvgIpc) is 2.53. The van der Waals surface area contributed by atoms with E-state index in [4.69, 9.17) is 14.0 Å². The number of carbonyl (C=O) groups is 1. The van der Waals surface area contributed by atoms with Crippen molar-refractivity contribution in [1.82, 2.24) is 0 Å². The molecule has 7 heteroatoms. The molecule has 1 rings (SSSR count). The molecule has 0 unspecified atom stereocenters. The summed E-state index contributed by atoms with van der Waals surface area (Å²) in [6.07, 6.45) is 8.05. The van der Waals surface area contributed by atoms with Crippen LogP contribution in [0, 0.1) is 0 Å². The SMILES string of the molecule is CCCCCCCCCCOC(=O)Oc1ccccc1S(=O)(=O)O. The smallest absolute Gasteiger partial charge is 0.434 e. The van der Waals surface area contributed by atoms with E-state index in [9.17, 15) is 13.2 Å². The number of rotatable bonds is 11. The number of unbranched alkanes of at least 4 members (excludes halogenated alkanes) is 7. The van der Waals surface area contributed by atoms with Crippen LogP contribution in [-0.2, 0) is 14.9 Å². The first-order chi connectivity index (χ1) is 11.4. The zero-order valence-corrected chi connectivity index (χ0v) is 14.9. The molecule has 0 saturated heterocycles. The molecule has 0 fully saturated rings. The van der Waals surface area contributed by atoms with Crippen molar-refractivity contribution in [3.63, 3.8) is 0 Å². The van der Waals surface area contributed by atoms with E-state index in [0.717, 1.165) is 25.3 Å². The monoisotopic (exact) mass is 358 g/mol. The number of hydrogen-bond acceptors (Lipinski definition) is 5. The van der Waals surface area contributed by atoms with Crippen LogP contribution in [0.3, 0.4) is 0 Å². The molecule has 0 aliphatic heterocycles. The minimum Gasteiger partial charge on any atom is -0.434 e. The van der Waals surface area contributed by atoms with Gasteiger partial charge < -0.3 is 9.47 Å². The van der Waals surface area contributed by atoms with E-state index >= 15 is 0 Å². The molecular formula is C17H26O6S. The van der Waals surface area contributed by atoms with Gasteiger partial charge in [0.1, 0.15) is 4.90 Å². The quantitative estimate of drug-likeness (QED) is 0.269. The zero-order valence-electron chi connectivity index (χ0n) is 14.1. The molecule has 0 radical (unpaired) electrons. The molecule has 0 aromatic heterocycles. The Balaban J connectivity index is 2.24. The summed E-state index contributed by atoms with van der Waals surface area (Å²) in [5.74, 6) is -0.249. The van der Waals surface area contributed by atoms with Gasteiger partial charge in [0.05, 0.1) is 6.61 Å². The number of hydrogen-bond donors (Lipinski definition) is 1. The fourth-order valence-electron chi connectivity index (χ4n) is 2.26. The van der Waals surface area contributed by atoms with E-state index in [0.29, 0.717) is 0 Å². The van der Waals surface area contributed by atoms with Gasteiger partial charge in [0.25, 0.3) is 10.1 Å². The predicted octanol–water partition coefficient (Wildman–Crippen LogP) is 4.59. The van der Waals surface area contributed by atoms with E-state index < -0.39 is 21.2 Å². The number of ether oxygens (including phenoxy) is 2. The first-order valence-corrected chi connectivity index (χ1v) is 9.80. The van der Waals surface area contributed by atoms with Gasteiger partial charge in [0.2, 0.25) is 0 Å². The van der Waals surface area contributed by atoms with Crippen LogP contribution in [0.2, 0.25) is 0 Å². The van der Waals surface area contributed by atoms with E-state index in [1.54, 1.807) is 0 Å². The first kappa shape index (κ1) is 20.4. The second kappa shape index (κ2) is 11.0. The standard InChI is InChI=1S/C17H26O6S/c1-2-3-4-5-6-7-8-11-14-22-17(18)23-15-12-9-10-13-16(15)24(19,20)21/h9-10,12-13H,2-8,11,14H2,1H3,(H,19,20,21). The van der Waals surface area contributed by atoms with E-state index in [2.05, 4.69) is 6.92 Å². The van der Waals surface area contributed by atoms with Crippen molar-refractivity contribution in [3.8, 4) is 5.75 Å². The van der Waals surface area contributed by atoms with Crippen molar-refractivity contribution in [2.45, 2.75) is 63.2 Å². The summed E-state index contributed by atoms with van der Waals surface area (Å²) in [7, 11) is -4.45. The maximum absolute atomic E-state index is 11.6. The Bertz CT molecular complexity index is 597. The second-order valence-electron chi connectivity index (χ2n) is 5.60. The number of benzene rings is 1. The van der Waals surface area contributed by atoms with E-state index in [-0.39, 0.29) is 12.4 Å². The molecule has 1 aromatic carbocycles. The summed E-state index contributed by atoms with van der Waals surface area (Å²) >= 11 is 0. The fraction of sp³-hybridized carbons (Fsp3) is 0.588. The van der Waals surface area contributed by atoms with Gasteiger partial charge in [-0.05, 0) is 18.6 Å². The lowest BCUT2D eigenvalue weighted by Gasteiger charge is -2.08. The molecule has 0 spiro atoms. The third-order valence-corrected chi connectivity index (χ3v) is 4.43. The van der Waals surface area contributed by atoms with Crippen molar-refractivity contribution in [2.75, 3.05) is 6.61 Å². The Morgan fingerprint density at radius 3 is 2.21 bits per heavy atom. The topological polar surface area (TPSA) is 89.9 Å². The Labute approximate surface area is 143 Å². The lowest BCUT2D eigenvalue weighted by Crippen LogP contribution is -2.13. The largest absolute Gasteiger partial charge is 0.513 e. The molecule has 0 heterocycles. The summed E-state index contributed by atoms with van der Waals surface area (Å²) in [6.45, 7) is 2.41. The van der Waals surface area contributed by atoms with Gasteiger partial charge in [0.15, 0.2) is 5.75 Å². The molecule has 0 aliphatic carbocycles. The maximum Gasteiger partial charge on any atom is 0.513 e. The second-order valence-corrected chi connectivity index (χ2v) is 6.99. The Kier molecular flexibility index (Phi) is 9.41. The maximum atomic E-state index is 11.6. The summed E-state index contributed by atoms with van der Waals surface area (Å²) < 4.78 is 41.2. The third kappa shape index (κ3) is 8.31. The summed E-state index contributed by atoms with van der Waals surface area (Å²) in [4.78, 5) is 11.1. The Hall–Kier alpha value is -1.60. The first-order valence-electron chi connectivity index (χ1n) is 8.36. The van der Waals surface area contributed by atoms with Crippen molar-refractivity contribution in [3.05, 3.63) is 24.3 Å². The van der Waals surface area contributed by atoms with Crippen molar-refractivity contribution < 1.29 is 27.2 Å². The van der Waals surface area contributed by atoms with Crippen LogP contribution in [0.25, 0.3) is 0 Å². The van der Waals surface area contributed by atoms with Gasteiger partial charge in [-0.25, -0.2) is 4.79 Å². The minimum absolute atomic E-state index is 0.224. The highest BCUT2D eigenvalue weighted by Gasteiger charge is 2.18. The van der Waals surface area contributed by atoms with Gasteiger partial charge in [-0.15, -0.1) is 0 Å². The Morgan fingerprint density at radius 1 is 1.00 bits per heavy atom. The van der Waals surface area contributed by atoms with Crippen molar-refractivity contribution in [1.29, 1.82) is 0 Å². The Morgan fingerprint density at radius 2 is 1.58 bits per heavy atom. The molecule has 0 saturated carbocycles. The van der Waals surface area contributed by atoms with Gasteiger partial charge in [0, 0.05) is 0 Å². The predicted molar refractivity (Wildman–Crippen MR) is 90.8 cm³/mol. The number of para-hydroxylation sites is 1. The lowest BCUT2D eigenvalue weighted by molar-refractivity contribution is 0.0963. The molecule has 1 N–H and O–H groups in total. The van der Waals surface area contributed by atoms with Crippen LogP contribution in [0.4, 0.5) is 4.79 Å². The van der Waals surface area contributed by atoms with Gasteiger partial charge in [-0.3, -0.25) is 4.55 Å². The molecule has 136 valence electrons. The van der Waals surface area contributed by atoms with Gasteiger partial charge in [-0.2, -0.15) is 8.42 Å². The van der Waals surface area contributed by atoms with Crippen LogP contribution in [0.15, 0.2) is 29.2 Å². The summed E-state index contributed by atoms with van der Waals surface area (Å²) in [5.41, 5.74) is 0. The molecular weight excluding hydrogens is 332 g/mol. The molecule has 1 aromatic rings. The lowest BCUT2D eigenvalue weighted by atomic mass is 10.1. The fourth-order valence-corrected chi connectivity index (χ4v) is 2.87. The van der Waals surface area contributed by atoms with Crippen LogP contribution in [0.5, 0.6) is 5.75 Å². The van der Waals surface area contributed by atoms with E-state index in [1.165, 1.54) is 50.3 Å². The van der Waals surface area contributed by atoms with Crippen LogP contribution >= 0.6 is 0 Å². The minimum atomic E-state index is -4.45. The third-order valence-electron chi connectivity index (χ3n) is 3.54. The van der Waals surface area contributed by atoms with Crippen molar-refractivity contribution in [2.24, 2.45) is 0 Å². The summed E-state index contributed by atoms with van der Waals surface area (Å²) in [6, 6.07) is 5.34. The van der Waals surface area contributed by atoms with Gasteiger partial charge in [-0.1, -0.05) is 64.0 Å². The van der Waals surface area contributed by atoms with E-state index in [1.807, 2.05) is 0 Å². The molecule has 0 amide bonds. The molecule has 6 nitrogen and oxygen atoms in total. The van der Waals surface area contributed by atoms with Gasteiger partial charge >= 0.3 is 6.16 Å². The highest BCUT2D eigenvalue weighted by Crippen LogP contribution is 2.23. The van der Waals surface area contributed by atoms with Crippen LogP contribution < -0.4 is 4.74 Å². The van der Waals surface area contributed by atoms with Crippen LogP contribution in [0.1, 0.15) is 58.3 Å². The number of carbonyl (C=O) groups excluding carboxylic acids is 1.